The fraction of sp³-hybridized carbons (Fsp3) is 0.300. The Labute approximate surface area is 93.5 Å². The lowest BCUT2D eigenvalue weighted by atomic mass is 10.1. The maximum Gasteiger partial charge on any atom is 0.296 e. The fourth-order valence-electron chi connectivity index (χ4n) is 1.09. The van der Waals surface area contributed by atoms with Crippen LogP contribution in [0, 0.1) is 11.6 Å². The summed E-state index contributed by atoms with van der Waals surface area (Å²) in [7, 11) is 0. The minimum Gasteiger partial charge on any atom is -0.299 e. The minimum atomic E-state index is -3.23. The molecule has 0 aliphatic carbocycles. The maximum absolute atomic E-state index is 13.0. The average Bonchev–Trinajstić information content (AvgIpc) is 2.22. The average molecular weight is 249 g/mol. The van der Waals surface area contributed by atoms with E-state index in [-0.39, 0.29) is 5.69 Å². The molecular formula is C10H7F4NO2. The van der Waals surface area contributed by atoms with Crippen molar-refractivity contribution in [1.29, 1.82) is 0 Å². The largest absolute Gasteiger partial charge is 0.299 e. The van der Waals surface area contributed by atoms with E-state index in [9.17, 15) is 27.2 Å². The second kappa shape index (κ2) is 5.51. The molecule has 0 bridgehead atoms. The molecular weight excluding hydrogens is 242 g/mol. The van der Waals surface area contributed by atoms with Crippen molar-refractivity contribution < 1.29 is 27.2 Å². The van der Waals surface area contributed by atoms with Gasteiger partial charge in [-0.3, -0.25) is 14.6 Å². The van der Waals surface area contributed by atoms with Gasteiger partial charge in [-0.2, -0.15) is 0 Å². The van der Waals surface area contributed by atoms with E-state index in [2.05, 4.69) is 4.98 Å². The van der Waals surface area contributed by atoms with Gasteiger partial charge in [-0.15, -0.1) is 0 Å². The summed E-state index contributed by atoms with van der Waals surface area (Å²) in [4.78, 5) is 24.9. The molecule has 92 valence electrons. The standard InChI is InChI=1S/C10H7F4NO2/c11-5-1-7(12)8(15-4-5)2-6(16)3-9(17)10(13)14/h1,4,10H,2-3H2. The summed E-state index contributed by atoms with van der Waals surface area (Å²) < 4.78 is 49.1. The lowest BCUT2D eigenvalue weighted by molar-refractivity contribution is -0.133. The molecule has 0 N–H and O–H groups in total. The van der Waals surface area contributed by atoms with Crippen molar-refractivity contribution >= 4 is 11.6 Å². The number of rotatable bonds is 5. The molecule has 1 aromatic heterocycles. The summed E-state index contributed by atoms with van der Waals surface area (Å²) in [5, 5.41) is 0. The number of aromatic nitrogens is 1. The Morgan fingerprint density at radius 2 is 1.94 bits per heavy atom. The molecule has 0 aliphatic rings. The van der Waals surface area contributed by atoms with Gasteiger partial charge < -0.3 is 0 Å². The first-order valence-electron chi connectivity index (χ1n) is 4.52. The van der Waals surface area contributed by atoms with Crippen molar-refractivity contribution in [3.63, 3.8) is 0 Å². The Bertz CT molecular complexity index is 448. The van der Waals surface area contributed by atoms with Crippen LogP contribution in [0.2, 0.25) is 0 Å². The van der Waals surface area contributed by atoms with Crippen molar-refractivity contribution in [2.24, 2.45) is 0 Å². The molecule has 0 saturated heterocycles. The molecule has 1 rings (SSSR count). The number of pyridine rings is 1. The van der Waals surface area contributed by atoms with Crippen molar-refractivity contribution in [3.8, 4) is 0 Å². The van der Waals surface area contributed by atoms with Gasteiger partial charge in [-0.1, -0.05) is 0 Å². The van der Waals surface area contributed by atoms with E-state index in [0.29, 0.717) is 12.3 Å². The molecule has 0 fully saturated rings. The molecule has 0 radical (unpaired) electrons. The molecule has 0 amide bonds. The minimum absolute atomic E-state index is 0.376. The van der Waals surface area contributed by atoms with Crippen LogP contribution < -0.4 is 0 Å². The highest BCUT2D eigenvalue weighted by atomic mass is 19.3. The van der Waals surface area contributed by atoms with Gasteiger partial charge in [0.1, 0.15) is 17.4 Å². The van der Waals surface area contributed by atoms with Crippen LogP contribution in [0.5, 0.6) is 0 Å². The fourth-order valence-corrected chi connectivity index (χ4v) is 1.09. The van der Waals surface area contributed by atoms with Crippen LogP contribution in [0.25, 0.3) is 0 Å². The second-order valence-corrected chi connectivity index (χ2v) is 3.24. The van der Waals surface area contributed by atoms with Crippen LogP contribution in [0.3, 0.4) is 0 Å². The Hall–Kier alpha value is -1.79. The molecule has 3 nitrogen and oxygen atoms in total. The number of nitrogens with zero attached hydrogens (tertiary/aromatic N) is 1. The Balaban J connectivity index is 2.65. The van der Waals surface area contributed by atoms with Crippen LogP contribution in [-0.2, 0) is 16.0 Å². The predicted octanol–water partition coefficient (Wildman–Crippen LogP) is 1.70. The monoisotopic (exact) mass is 249 g/mol. The molecule has 7 heteroatoms. The zero-order chi connectivity index (χ0) is 13.0. The van der Waals surface area contributed by atoms with E-state index in [0.717, 1.165) is 0 Å². The second-order valence-electron chi connectivity index (χ2n) is 3.24. The number of carbonyl (C=O) groups excluding carboxylic acids is 2. The third-order valence-electron chi connectivity index (χ3n) is 1.86. The highest BCUT2D eigenvalue weighted by molar-refractivity contribution is 6.01. The highest BCUT2D eigenvalue weighted by Gasteiger charge is 2.20. The van der Waals surface area contributed by atoms with Gasteiger partial charge in [0.25, 0.3) is 6.43 Å². The van der Waals surface area contributed by atoms with E-state index < -0.39 is 42.5 Å². The molecule has 0 saturated carbocycles. The van der Waals surface area contributed by atoms with Crippen molar-refractivity contribution in [1.82, 2.24) is 4.98 Å². The summed E-state index contributed by atoms with van der Waals surface area (Å²) >= 11 is 0. The first kappa shape index (κ1) is 13.3. The summed E-state index contributed by atoms with van der Waals surface area (Å²) in [6.45, 7) is 0. The highest BCUT2D eigenvalue weighted by Crippen LogP contribution is 2.09. The van der Waals surface area contributed by atoms with Crippen molar-refractivity contribution in [3.05, 3.63) is 29.6 Å². The SMILES string of the molecule is O=C(CC(=O)C(F)F)Cc1ncc(F)cc1F. The number of hydrogen-bond donors (Lipinski definition) is 0. The molecule has 0 unspecified atom stereocenters. The summed E-state index contributed by atoms with van der Waals surface area (Å²) in [6.07, 6.45) is -4.15. The smallest absolute Gasteiger partial charge is 0.296 e. The van der Waals surface area contributed by atoms with Gasteiger partial charge >= 0.3 is 0 Å². The van der Waals surface area contributed by atoms with E-state index >= 15 is 0 Å². The van der Waals surface area contributed by atoms with E-state index in [1.807, 2.05) is 0 Å². The third-order valence-corrected chi connectivity index (χ3v) is 1.86. The molecule has 1 heterocycles. The van der Waals surface area contributed by atoms with Gasteiger partial charge in [-0.05, 0) is 0 Å². The zero-order valence-electron chi connectivity index (χ0n) is 8.42. The number of Topliss-reactive ketones (excluding diaryl/α,β-unsaturated/α-hetero) is 2. The van der Waals surface area contributed by atoms with Crippen LogP contribution in [0.1, 0.15) is 12.1 Å². The number of alkyl halides is 2. The number of halogens is 4. The van der Waals surface area contributed by atoms with Gasteiger partial charge in [-0.25, -0.2) is 17.6 Å². The Morgan fingerprint density at radius 1 is 1.29 bits per heavy atom. The Kier molecular flexibility index (Phi) is 4.30. The molecule has 1 aromatic rings. The van der Waals surface area contributed by atoms with Crippen LogP contribution in [0.4, 0.5) is 17.6 Å². The first-order chi connectivity index (χ1) is 7.90. The quantitative estimate of drug-likeness (QED) is 0.589. The number of carbonyl (C=O) groups is 2. The lowest BCUT2D eigenvalue weighted by Gasteiger charge is -2.01. The van der Waals surface area contributed by atoms with Crippen LogP contribution >= 0.6 is 0 Å². The normalized spacial score (nSPS) is 10.6. The topological polar surface area (TPSA) is 47.0 Å². The Morgan fingerprint density at radius 3 is 2.47 bits per heavy atom. The summed E-state index contributed by atoms with van der Waals surface area (Å²) in [6, 6.07) is 0.518. The van der Waals surface area contributed by atoms with Crippen molar-refractivity contribution in [2.75, 3.05) is 0 Å². The summed E-state index contributed by atoms with van der Waals surface area (Å²) in [5.41, 5.74) is -0.376. The van der Waals surface area contributed by atoms with Gasteiger partial charge in [0.15, 0.2) is 0 Å². The van der Waals surface area contributed by atoms with Gasteiger partial charge in [0.05, 0.1) is 24.7 Å². The predicted molar refractivity (Wildman–Crippen MR) is 48.5 cm³/mol. The molecule has 0 atom stereocenters. The molecule has 0 aliphatic heterocycles. The van der Waals surface area contributed by atoms with Crippen LogP contribution in [-0.4, -0.2) is 23.0 Å². The third kappa shape index (κ3) is 3.93. The molecule has 17 heavy (non-hydrogen) atoms. The summed E-state index contributed by atoms with van der Waals surface area (Å²) in [5.74, 6) is -4.39. The maximum atomic E-state index is 13.0. The zero-order valence-corrected chi connectivity index (χ0v) is 8.42. The van der Waals surface area contributed by atoms with Crippen molar-refractivity contribution in [2.45, 2.75) is 19.3 Å². The molecule has 0 aromatic carbocycles. The van der Waals surface area contributed by atoms with Crippen LogP contribution in [0.15, 0.2) is 12.3 Å². The number of hydrogen-bond acceptors (Lipinski definition) is 3. The van der Waals surface area contributed by atoms with E-state index in [4.69, 9.17) is 0 Å². The first-order valence-corrected chi connectivity index (χ1v) is 4.52. The van der Waals surface area contributed by atoms with E-state index in [1.165, 1.54) is 0 Å². The molecule has 0 spiro atoms. The lowest BCUT2D eigenvalue weighted by Crippen LogP contribution is -2.17. The van der Waals surface area contributed by atoms with E-state index in [1.54, 1.807) is 0 Å². The van der Waals surface area contributed by atoms with Gasteiger partial charge in [0, 0.05) is 6.07 Å². The number of ketones is 2. The van der Waals surface area contributed by atoms with Gasteiger partial charge in [0.2, 0.25) is 5.78 Å².